The maximum absolute atomic E-state index is 13.4. The Morgan fingerprint density at radius 3 is 2.84 bits per heavy atom. The van der Waals surface area contributed by atoms with Crippen LogP contribution in [0.1, 0.15) is 54.4 Å². The van der Waals surface area contributed by atoms with Gasteiger partial charge in [0.25, 0.3) is 0 Å². The standard InChI is InChI=1S/C31H36N2O4/c1-19-4-3-5-20(16-19)8-11-26(35)32(2)23-12-13-31(36)25-17-22-9-10-24(34)28-27(22)30(31,29(23)37-28)14-15-33(25)18-21-6-7-21/h3-5,8-11,16,21,23,25,29,34,36H,6-7,12-15,17-18H2,1-2H3/b11-8+/t23?,25-,29?,30+,31-/m1/s1. The number of benzene rings is 2. The van der Waals surface area contributed by atoms with Crippen molar-refractivity contribution < 1.29 is 19.7 Å². The highest BCUT2D eigenvalue weighted by Gasteiger charge is 2.73. The third kappa shape index (κ3) is 3.28. The average molecular weight is 501 g/mol. The summed E-state index contributed by atoms with van der Waals surface area (Å²) in [6.07, 6.45) is 8.54. The summed E-state index contributed by atoms with van der Waals surface area (Å²) in [7, 11) is 1.85. The first-order valence-corrected chi connectivity index (χ1v) is 13.8. The van der Waals surface area contributed by atoms with Crippen molar-refractivity contribution in [2.24, 2.45) is 5.92 Å². The summed E-state index contributed by atoms with van der Waals surface area (Å²) in [6.45, 7) is 4.01. The van der Waals surface area contributed by atoms with Crippen LogP contribution in [0.5, 0.6) is 11.5 Å². The van der Waals surface area contributed by atoms with E-state index in [-0.39, 0.29) is 29.8 Å². The van der Waals surface area contributed by atoms with Gasteiger partial charge in [-0.2, -0.15) is 0 Å². The molecular weight excluding hydrogens is 464 g/mol. The summed E-state index contributed by atoms with van der Waals surface area (Å²) >= 11 is 0. The van der Waals surface area contributed by atoms with Crippen molar-refractivity contribution in [3.05, 3.63) is 64.7 Å². The first-order valence-electron chi connectivity index (χ1n) is 13.8. The first kappa shape index (κ1) is 23.3. The van der Waals surface area contributed by atoms with E-state index in [2.05, 4.69) is 11.0 Å². The van der Waals surface area contributed by atoms with Gasteiger partial charge in [-0.05, 0) is 81.2 Å². The second-order valence-corrected chi connectivity index (χ2v) is 12.1. The summed E-state index contributed by atoms with van der Waals surface area (Å²) < 4.78 is 6.62. The third-order valence-corrected chi connectivity index (χ3v) is 10.0. The number of hydrogen-bond donors (Lipinski definition) is 2. The molecule has 37 heavy (non-hydrogen) atoms. The van der Waals surface area contributed by atoms with Gasteiger partial charge in [-0.1, -0.05) is 35.9 Å². The number of aliphatic hydroxyl groups is 1. The molecule has 2 aromatic carbocycles. The number of amides is 1. The molecule has 2 heterocycles. The minimum absolute atomic E-state index is 0.0408. The molecule has 5 atom stereocenters. The fourth-order valence-electron chi connectivity index (χ4n) is 8.07. The maximum atomic E-state index is 13.4. The van der Waals surface area contributed by atoms with E-state index in [1.807, 2.05) is 44.3 Å². The van der Waals surface area contributed by atoms with Gasteiger partial charge in [0.15, 0.2) is 11.5 Å². The summed E-state index contributed by atoms with van der Waals surface area (Å²) in [5.41, 5.74) is 2.78. The fourth-order valence-corrected chi connectivity index (χ4v) is 8.07. The molecule has 0 aromatic heterocycles. The summed E-state index contributed by atoms with van der Waals surface area (Å²) in [4.78, 5) is 17.7. The van der Waals surface area contributed by atoms with E-state index in [1.54, 1.807) is 17.0 Å². The highest BCUT2D eigenvalue weighted by Crippen LogP contribution is 2.66. The molecule has 7 rings (SSSR count). The van der Waals surface area contributed by atoms with Gasteiger partial charge in [-0.15, -0.1) is 0 Å². The Labute approximate surface area is 218 Å². The van der Waals surface area contributed by atoms with Gasteiger partial charge in [0, 0.05) is 31.3 Å². The number of carbonyl (C=O) groups excluding carboxylic acids is 1. The minimum atomic E-state index is -0.936. The topological polar surface area (TPSA) is 73.2 Å². The highest BCUT2D eigenvalue weighted by molar-refractivity contribution is 5.92. The highest BCUT2D eigenvalue weighted by atomic mass is 16.5. The van der Waals surface area contributed by atoms with Gasteiger partial charge < -0.3 is 19.8 Å². The molecule has 2 unspecified atom stereocenters. The zero-order valence-electron chi connectivity index (χ0n) is 21.7. The predicted octanol–water partition coefficient (Wildman–Crippen LogP) is 3.81. The molecule has 194 valence electrons. The van der Waals surface area contributed by atoms with Crippen molar-refractivity contribution in [1.82, 2.24) is 9.80 Å². The number of phenolic OH excluding ortho intramolecular Hbond substituents is 1. The first-order chi connectivity index (χ1) is 17.8. The minimum Gasteiger partial charge on any atom is -0.504 e. The van der Waals surface area contributed by atoms with E-state index in [9.17, 15) is 15.0 Å². The Morgan fingerprint density at radius 2 is 2.05 bits per heavy atom. The summed E-state index contributed by atoms with van der Waals surface area (Å²) in [5.74, 6) is 1.34. The van der Waals surface area contributed by atoms with Gasteiger partial charge >= 0.3 is 0 Å². The number of rotatable bonds is 5. The lowest BCUT2D eigenvalue weighted by Gasteiger charge is -2.64. The Morgan fingerprint density at radius 1 is 1.22 bits per heavy atom. The Hall–Kier alpha value is -2.83. The molecule has 5 aliphatic rings. The zero-order valence-corrected chi connectivity index (χ0v) is 21.7. The normalized spacial score (nSPS) is 33.8. The van der Waals surface area contributed by atoms with Crippen LogP contribution < -0.4 is 4.74 Å². The average Bonchev–Trinajstić information content (AvgIpc) is 3.62. The monoisotopic (exact) mass is 500 g/mol. The van der Waals surface area contributed by atoms with E-state index >= 15 is 0 Å². The van der Waals surface area contributed by atoms with Crippen LogP contribution in [0.25, 0.3) is 6.08 Å². The molecule has 1 spiro atoms. The van der Waals surface area contributed by atoms with Crippen molar-refractivity contribution in [2.75, 3.05) is 20.1 Å². The van der Waals surface area contributed by atoms with Gasteiger partial charge in [-0.25, -0.2) is 0 Å². The number of phenols is 1. The Balaban J connectivity index is 1.25. The van der Waals surface area contributed by atoms with Crippen LogP contribution in [0.3, 0.4) is 0 Å². The summed E-state index contributed by atoms with van der Waals surface area (Å²) in [5, 5.41) is 23.4. The predicted molar refractivity (Wildman–Crippen MR) is 142 cm³/mol. The van der Waals surface area contributed by atoms with Gasteiger partial charge in [0.05, 0.1) is 17.1 Å². The molecule has 3 aliphatic carbocycles. The van der Waals surface area contributed by atoms with Crippen LogP contribution in [0.4, 0.5) is 0 Å². The molecular formula is C31H36N2O4. The van der Waals surface area contributed by atoms with E-state index in [1.165, 1.54) is 18.4 Å². The SMILES string of the molecule is Cc1cccc(/C=C/C(=O)N(C)C2CC[C@@]3(O)[C@H]4Cc5ccc(O)c6c5[C@@]3(CCN4CC3CC3)C2O6)c1. The van der Waals surface area contributed by atoms with Gasteiger partial charge in [0.1, 0.15) is 6.10 Å². The van der Waals surface area contributed by atoms with Crippen LogP contribution in [-0.4, -0.2) is 69.8 Å². The van der Waals surface area contributed by atoms with E-state index in [0.717, 1.165) is 48.5 Å². The second kappa shape index (κ2) is 8.08. The lowest BCUT2D eigenvalue weighted by Crippen LogP contribution is -2.78. The number of likely N-dealkylation sites (tertiary alicyclic amines) is 1. The molecule has 2 saturated carbocycles. The number of nitrogens with zero attached hydrogens (tertiary/aromatic N) is 2. The summed E-state index contributed by atoms with van der Waals surface area (Å²) in [6, 6.07) is 11.7. The van der Waals surface area contributed by atoms with Gasteiger partial charge in [-0.3, -0.25) is 9.69 Å². The zero-order chi connectivity index (χ0) is 25.5. The van der Waals surface area contributed by atoms with Crippen LogP contribution >= 0.6 is 0 Å². The molecule has 6 nitrogen and oxygen atoms in total. The van der Waals surface area contributed by atoms with E-state index in [0.29, 0.717) is 18.6 Å². The van der Waals surface area contributed by atoms with Crippen LogP contribution in [0.15, 0.2) is 42.5 Å². The molecule has 2 aliphatic heterocycles. The number of aromatic hydroxyl groups is 1. The van der Waals surface area contributed by atoms with Crippen LogP contribution in [0, 0.1) is 12.8 Å². The smallest absolute Gasteiger partial charge is 0.246 e. The van der Waals surface area contributed by atoms with E-state index in [4.69, 9.17) is 4.74 Å². The number of piperidine rings is 1. The quantitative estimate of drug-likeness (QED) is 0.611. The number of ether oxygens (including phenoxy) is 1. The molecule has 0 radical (unpaired) electrons. The van der Waals surface area contributed by atoms with Crippen molar-refractivity contribution in [3.63, 3.8) is 0 Å². The molecule has 2 aromatic rings. The van der Waals surface area contributed by atoms with Crippen molar-refractivity contribution in [2.45, 2.75) is 74.7 Å². The number of likely N-dealkylation sites (N-methyl/N-ethyl adjacent to an activating group) is 1. The third-order valence-electron chi connectivity index (χ3n) is 10.0. The Bertz CT molecular complexity index is 1300. The van der Waals surface area contributed by atoms with E-state index < -0.39 is 11.0 Å². The molecule has 6 heteroatoms. The molecule has 2 bridgehead atoms. The van der Waals surface area contributed by atoms with Crippen molar-refractivity contribution in [3.8, 4) is 11.5 Å². The lowest BCUT2D eigenvalue weighted by atomic mass is 9.48. The number of hydrogen-bond acceptors (Lipinski definition) is 5. The Kier molecular flexibility index (Phi) is 5.09. The van der Waals surface area contributed by atoms with Crippen molar-refractivity contribution in [1.29, 1.82) is 0 Å². The van der Waals surface area contributed by atoms with Crippen LogP contribution in [0.2, 0.25) is 0 Å². The van der Waals surface area contributed by atoms with Crippen LogP contribution in [-0.2, 0) is 16.6 Å². The largest absolute Gasteiger partial charge is 0.504 e. The molecule has 1 amide bonds. The molecule has 3 fully saturated rings. The number of aryl methyl sites for hydroxylation is 1. The van der Waals surface area contributed by atoms with Gasteiger partial charge in [0.2, 0.25) is 5.91 Å². The maximum Gasteiger partial charge on any atom is 0.246 e. The lowest BCUT2D eigenvalue weighted by molar-refractivity contribution is -0.200. The second-order valence-electron chi connectivity index (χ2n) is 12.1. The molecule has 1 saturated heterocycles. The fraction of sp³-hybridized carbons (Fsp3) is 0.516. The molecule has 2 N–H and O–H groups in total. The number of carbonyl (C=O) groups is 1. The van der Waals surface area contributed by atoms with Crippen molar-refractivity contribution >= 4 is 12.0 Å².